The summed E-state index contributed by atoms with van der Waals surface area (Å²) in [6.07, 6.45) is 3.35. The number of aromatic nitrogens is 5. The molecule has 1 aromatic carbocycles. The number of nitrogens with one attached hydrogen (secondary N) is 2. The number of hydrogen-bond donors (Lipinski definition) is 2. The quantitative estimate of drug-likeness (QED) is 0.569. The highest BCUT2D eigenvalue weighted by atomic mass is 32.1. The van der Waals surface area contributed by atoms with Gasteiger partial charge in [-0.1, -0.05) is 30.3 Å². The van der Waals surface area contributed by atoms with E-state index in [9.17, 15) is 4.79 Å². The first kappa shape index (κ1) is 16.1. The molecule has 4 rings (SSSR count). The Labute approximate surface area is 153 Å². The smallest absolute Gasteiger partial charge is 0.269 e. The predicted molar refractivity (Wildman–Crippen MR) is 98.3 cm³/mol. The predicted octanol–water partition coefficient (Wildman–Crippen LogP) is 2.92. The number of nitrogens with zero attached hydrogens (tertiary/aromatic N) is 4. The molecule has 0 bridgehead atoms. The average Bonchev–Trinajstić information content (AvgIpc) is 3.37. The summed E-state index contributed by atoms with van der Waals surface area (Å²) in [7, 11) is 0. The van der Waals surface area contributed by atoms with Gasteiger partial charge in [-0.05, 0) is 12.1 Å². The fourth-order valence-electron chi connectivity index (χ4n) is 2.36. The first-order valence-electron chi connectivity index (χ1n) is 7.90. The van der Waals surface area contributed by atoms with Crippen LogP contribution in [-0.2, 0) is 6.54 Å². The van der Waals surface area contributed by atoms with Gasteiger partial charge in [-0.25, -0.2) is 15.0 Å². The van der Waals surface area contributed by atoms with Crippen LogP contribution in [0.25, 0.3) is 22.1 Å². The number of carbonyl (C=O) groups is 1. The molecule has 0 saturated carbocycles. The van der Waals surface area contributed by atoms with Gasteiger partial charge in [0.1, 0.15) is 5.69 Å². The van der Waals surface area contributed by atoms with E-state index in [-0.39, 0.29) is 5.91 Å². The van der Waals surface area contributed by atoms with Crippen LogP contribution in [0.15, 0.2) is 60.2 Å². The molecule has 7 nitrogen and oxygen atoms in total. The molecule has 0 aliphatic heterocycles. The van der Waals surface area contributed by atoms with Gasteiger partial charge in [-0.2, -0.15) is 5.10 Å². The van der Waals surface area contributed by atoms with Crippen LogP contribution in [0, 0.1) is 0 Å². The number of benzene rings is 1. The molecular weight excluding hydrogens is 348 g/mol. The van der Waals surface area contributed by atoms with Crippen molar-refractivity contribution in [3.63, 3.8) is 0 Å². The SMILES string of the molecule is O=C(NCc1csc(-c2ncccn2)n1)c1cc(-c2ccccc2)n[nH]1. The summed E-state index contributed by atoms with van der Waals surface area (Å²) in [6.45, 7) is 0.321. The van der Waals surface area contributed by atoms with E-state index in [0.29, 0.717) is 18.1 Å². The summed E-state index contributed by atoms with van der Waals surface area (Å²) < 4.78 is 0. The summed E-state index contributed by atoms with van der Waals surface area (Å²) in [5.74, 6) is 0.348. The second-order valence-electron chi connectivity index (χ2n) is 5.43. The van der Waals surface area contributed by atoms with E-state index in [1.54, 1.807) is 24.5 Å². The Morgan fingerprint density at radius 2 is 1.92 bits per heavy atom. The largest absolute Gasteiger partial charge is 0.345 e. The molecule has 0 aliphatic carbocycles. The average molecular weight is 362 g/mol. The first-order valence-corrected chi connectivity index (χ1v) is 8.78. The molecule has 0 unspecified atom stereocenters. The Balaban J connectivity index is 1.40. The zero-order valence-corrected chi connectivity index (χ0v) is 14.4. The molecule has 8 heteroatoms. The summed E-state index contributed by atoms with van der Waals surface area (Å²) in [5.41, 5.74) is 2.85. The van der Waals surface area contributed by atoms with E-state index in [1.807, 2.05) is 35.7 Å². The molecule has 2 N–H and O–H groups in total. The highest BCUT2D eigenvalue weighted by Crippen LogP contribution is 2.20. The van der Waals surface area contributed by atoms with Crippen LogP contribution in [0.4, 0.5) is 0 Å². The number of hydrogen-bond acceptors (Lipinski definition) is 6. The zero-order chi connectivity index (χ0) is 17.8. The summed E-state index contributed by atoms with van der Waals surface area (Å²) in [5, 5.41) is 12.4. The monoisotopic (exact) mass is 362 g/mol. The van der Waals surface area contributed by atoms with Crippen molar-refractivity contribution >= 4 is 17.2 Å². The molecule has 3 heterocycles. The lowest BCUT2D eigenvalue weighted by Crippen LogP contribution is -2.23. The number of aromatic amines is 1. The Morgan fingerprint density at radius 1 is 1.12 bits per heavy atom. The minimum absolute atomic E-state index is 0.231. The van der Waals surface area contributed by atoms with Gasteiger partial charge in [0, 0.05) is 23.3 Å². The van der Waals surface area contributed by atoms with Crippen LogP contribution in [-0.4, -0.2) is 31.1 Å². The standard InChI is InChI=1S/C18H14N6OS/c25-17(15-9-14(23-24-15)12-5-2-1-3-6-12)21-10-13-11-26-18(22-13)16-19-7-4-8-20-16/h1-9,11H,10H2,(H,21,25)(H,23,24). The third-order valence-corrected chi connectivity index (χ3v) is 4.52. The molecule has 0 radical (unpaired) electrons. The molecule has 0 saturated heterocycles. The van der Waals surface area contributed by atoms with Crippen molar-refractivity contribution in [2.24, 2.45) is 0 Å². The normalized spacial score (nSPS) is 10.6. The third-order valence-electron chi connectivity index (χ3n) is 3.63. The lowest BCUT2D eigenvalue weighted by molar-refractivity contribution is 0.0945. The third kappa shape index (κ3) is 3.50. The van der Waals surface area contributed by atoms with E-state index in [1.165, 1.54) is 11.3 Å². The number of thiazole rings is 1. The van der Waals surface area contributed by atoms with Gasteiger partial charge in [-0.3, -0.25) is 9.89 Å². The Hall–Kier alpha value is -3.39. The minimum atomic E-state index is -0.231. The lowest BCUT2D eigenvalue weighted by atomic mass is 10.1. The van der Waals surface area contributed by atoms with E-state index in [4.69, 9.17) is 0 Å². The molecule has 128 valence electrons. The van der Waals surface area contributed by atoms with Crippen molar-refractivity contribution in [2.45, 2.75) is 6.54 Å². The maximum absolute atomic E-state index is 12.3. The van der Waals surface area contributed by atoms with E-state index in [2.05, 4.69) is 30.5 Å². The number of carbonyl (C=O) groups excluding carboxylic acids is 1. The molecule has 0 fully saturated rings. The van der Waals surface area contributed by atoms with Crippen LogP contribution in [0.3, 0.4) is 0 Å². The van der Waals surface area contributed by atoms with Crippen molar-refractivity contribution in [1.82, 2.24) is 30.5 Å². The molecule has 0 aliphatic rings. The second-order valence-corrected chi connectivity index (χ2v) is 6.29. The van der Waals surface area contributed by atoms with E-state index in [0.717, 1.165) is 22.0 Å². The van der Waals surface area contributed by atoms with Crippen molar-refractivity contribution in [2.75, 3.05) is 0 Å². The zero-order valence-electron chi connectivity index (χ0n) is 13.6. The van der Waals surface area contributed by atoms with Crippen molar-refractivity contribution in [1.29, 1.82) is 0 Å². The number of H-pyrrole nitrogens is 1. The maximum atomic E-state index is 12.3. The van der Waals surface area contributed by atoms with Crippen LogP contribution < -0.4 is 5.32 Å². The summed E-state index contributed by atoms with van der Waals surface area (Å²) in [6, 6.07) is 13.2. The molecule has 3 aromatic heterocycles. The van der Waals surface area contributed by atoms with Gasteiger partial charge in [0.2, 0.25) is 0 Å². The van der Waals surface area contributed by atoms with Crippen LogP contribution >= 0.6 is 11.3 Å². The Morgan fingerprint density at radius 3 is 2.73 bits per heavy atom. The summed E-state index contributed by atoms with van der Waals surface area (Å²) in [4.78, 5) is 25.1. The van der Waals surface area contributed by atoms with E-state index < -0.39 is 0 Å². The van der Waals surface area contributed by atoms with Crippen LogP contribution in [0.1, 0.15) is 16.2 Å². The van der Waals surface area contributed by atoms with Crippen molar-refractivity contribution in [3.8, 4) is 22.1 Å². The molecule has 0 atom stereocenters. The number of rotatable bonds is 5. The topological polar surface area (TPSA) is 96.5 Å². The second kappa shape index (κ2) is 7.24. The highest BCUT2D eigenvalue weighted by Gasteiger charge is 2.12. The Kier molecular flexibility index (Phi) is 4.48. The van der Waals surface area contributed by atoms with Crippen molar-refractivity contribution in [3.05, 3.63) is 71.6 Å². The Bertz CT molecular complexity index is 1010. The van der Waals surface area contributed by atoms with Crippen molar-refractivity contribution < 1.29 is 4.79 Å². The minimum Gasteiger partial charge on any atom is -0.345 e. The molecular formula is C18H14N6OS. The van der Waals surface area contributed by atoms with Gasteiger partial charge in [0.25, 0.3) is 5.91 Å². The van der Waals surface area contributed by atoms with Gasteiger partial charge >= 0.3 is 0 Å². The number of amides is 1. The first-order chi connectivity index (χ1) is 12.8. The van der Waals surface area contributed by atoms with E-state index >= 15 is 0 Å². The fraction of sp³-hybridized carbons (Fsp3) is 0.0556. The highest BCUT2D eigenvalue weighted by molar-refractivity contribution is 7.13. The van der Waals surface area contributed by atoms with Crippen LogP contribution in [0.5, 0.6) is 0 Å². The molecule has 26 heavy (non-hydrogen) atoms. The molecule has 1 amide bonds. The fourth-order valence-corrected chi connectivity index (χ4v) is 3.13. The van der Waals surface area contributed by atoms with Crippen LogP contribution in [0.2, 0.25) is 0 Å². The maximum Gasteiger partial charge on any atom is 0.269 e. The van der Waals surface area contributed by atoms with Gasteiger partial charge in [0.15, 0.2) is 10.8 Å². The van der Waals surface area contributed by atoms with Gasteiger partial charge in [0.05, 0.1) is 17.9 Å². The lowest BCUT2D eigenvalue weighted by Gasteiger charge is -2.00. The summed E-state index contributed by atoms with van der Waals surface area (Å²) >= 11 is 1.44. The molecule has 0 spiro atoms. The van der Waals surface area contributed by atoms with Gasteiger partial charge in [-0.15, -0.1) is 11.3 Å². The van der Waals surface area contributed by atoms with Gasteiger partial charge < -0.3 is 5.32 Å². The molecule has 4 aromatic rings.